The van der Waals surface area contributed by atoms with Crippen LogP contribution in [0.15, 0.2) is 5.11 Å². The molecule has 0 radical (unpaired) electrons. The minimum atomic E-state index is -0.638. The first-order chi connectivity index (χ1) is 5.77. The summed E-state index contributed by atoms with van der Waals surface area (Å²) in [5.41, 5.74) is 8.12. The maximum absolute atomic E-state index is 10.1. The summed E-state index contributed by atoms with van der Waals surface area (Å²) in [6.45, 7) is 0.867. The molecule has 1 aliphatic rings. The summed E-state index contributed by atoms with van der Waals surface area (Å²) in [7, 11) is 0.769. The molecule has 0 amide bonds. The number of likely N-dealkylation sites (tertiary alicyclic amines) is 1. The van der Waals surface area contributed by atoms with Crippen LogP contribution in [0.2, 0.25) is 0 Å². The van der Waals surface area contributed by atoms with Gasteiger partial charge >= 0.3 is 69.1 Å². The third-order valence-electron chi connectivity index (χ3n) is 1.87. The van der Waals surface area contributed by atoms with Gasteiger partial charge in [0.2, 0.25) is 0 Å². The Hall–Kier alpha value is -0.905. The minimum absolute atomic E-state index is 0.286. The number of rotatable bonds is 3. The standard InChI is InChI=1S/C5H9BN4O2/c7-9-8-4-1-10(3-6-12)2-5(4)11/h4-5,11H,1-3H2. The van der Waals surface area contributed by atoms with Crippen molar-refractivity contribution in [2.75, 3.05) is 19.5 Å². The Morgan fingerprint density at radius 1 is 1.75 bits per heavy atom. The van der Waals surface area contributed by atoms with Gasteiger partial charge in [-0.1, -0.05) is 0 Å². The zero-order chi connectivity index (χ0) is 8.97. The second-order valence-corrected chi connectivity index (χ2v) is 2.72. The van der Waals surface area contributed by atoms with E-state index >= 15 is 0 Å². The molecule has 1 fully saturated rings. The zero-order valence-corrected chi connectivity index (χ0v) is 6.50. The van der Waals surface area contributed by atoms with E-state index in [-0.39, 0.29) is 6.44 Å². The average molecular weight is 168 g/mol. The molecule has 2 atom stereocenters. The second-order valence-electron chi connectivity index (χ2n) is 2.72. The van der Waals surface area contributed by atoms with Crippen LogP contribution in [0.4, 0.5) is 0 Å². The third-order valence-corrected chi connectivity index (χ3v) is 1.87. The SMILES string of the molecule is [N-]=[N+]=NC1CN(CB=O)CC1O. The summed E-state index contributed by atoms with van der Waals surface area (Å²) in [6.07, 6.45) is -0.352. The molecule has 0 aromatic heterocycles. The van der Waals surface area contributed by atoms with Crippen LogP contribution in [0, 0.1) is 0 Å². The number of β-amino-alcohol motifs (C(OH)–C–C–N with tert-alkyl or cyclic N) is 1. The van der Waals surface area contributed by atoms with Gasteiger partial charge in [0.05, 0.1) is 0 Å². The molecule has 0 aromatic carbocycles. The molecule has 0 saturated carbocycles. The summed E-state index contributed by atoms with van der Waals surface area (Å²) in [5.74, 6) is 0. The van der Waals surface area contributed by atoms with Gasteiger partial charge in [-0.15, -0.1) is 0 Å². The van der Waals surface area contributed by atoms with Crippen LogP contribution in [-0.2, 0) is 4.70 Å². The Morgan fingerprint density at radius 2 is 2.50 bits per heavy atom. The van der Waals surface area contributed by atoms with E-state index < -0.39 is 12.1 Å². The van der Waals surface area contributed by atoms with E-state index in [1.54, 1.807) is 4.90 Å². The predicted molar refractivity (Wildman–Crippen MR) is 41.8 cm³/mol. The first kappa shape index (κ1) is 9.19. The first-order valence-electron chi connectivity index (χ1n) is 3.66. The number of hydrogen-bond donors (Lipinski definition) is 1. The summed E-state index contributed by atoms with van der Waals surface area (Å²) in [5, 5.41) is 12.7. The van der Waals surface area contributed by atoms with Crippen LogP contribution in [0.25, 0.3) is 10.4 Å². The average Bonchev–Trinajstić information content (AvgIpc) is 2.34. The van der Waals surface area contributed by atoms with E-state index in [0.717, 1.165) is 7.15 Å². The van der Waals surface area contributed by atoms with Crippen molar-refractivity contribution in [2.45, 2.75) is 12.1 Å². The molecule has 7 heteroatoms. The summed E-state index contributed by atoms with van der Waals surface area (Å²) in [6, 6.07) is -0.407. The fourth-order valence-electron chi connectivity index (χ4n) is 1.28. The number of aliphatic hydroxyl groups excluding tert-OH is 1. The summed E-state index contributed by atoms with van der Waals surface area (Å²) >= 11 is 0. The summed E-state index contributed by atoms with van der Waals surface area (Å²) in [4.78, 5) is 4.36. The van der Waals surface area contributed by atoms with Gasteiger partial charge in [0, 0.05) is 0 Å². The van der Waals surface area contributed by atoms with E-state index in [4.69, 9.17) is 5.53 Å². The molecule has 1 saturated heterocycles. The van der Waals surface area contributed by atoms with Crippen LogP contribution in [0.5, 0.6) is 0 Å². The van der Waals surface area contributed by atoms with Crippen molar-refractivity contribution in [1.82, 2.24) is 4.90 Å². The van der Waals surface area contributed by atoms with E-state index in [2.05, 4.69) is 10.0 Å². The van der Waals surface area contributed by atoms with Gasteiger partial charge in [-0.2, -0.15) is 0 Å². The molecule has 0 bridgehead atoms. The van der Waals surface area contributed by atoms with Crippen molar-refractivity contribution in [3.05, 3.63) is 10.4 Å². The maximum atomic E-state index is 10.1. The molecular weight excluding hydrogens is 159 g/mol. The predicted octanol–water partition coefficient (Wildman–Crippen LogP) is -0.651. The topological polar surface area (TPSA) is 89.3 Å². The molecule has 6 nitrogen and oxygen atoms in total. The Morgan fingerprint density at radius 3 is 3.08 bits per heavy atom. The Bertz CT molecular complexity index is 217. The Balaban J connectivity index is 2.49. The van der Waals surface area contributed by atoms with Crippen LogP contribution in [0.1, 0.15) is 0 Å². The molecule has 12 heavy (non-hydrogen) atoms. The molecule has 1 heterocycles. The fourth-order valence-corrected chi connectivity index (χ4v) is 1.28. The second kappa shape index (κ2) is 4.20. The normalized spacial score (nSPS) is 29.4. The van der Waals surface area contributed by atoms with Crippen molar-refractivity contribution in [1.29, 1.82) is 0 Å². The van der Waals surface area contributed by atoms with Crippen molar-refractivity contribution < 1.29 is 9.81 Å². The van der Waals surface area contributed by atoms with E-state index in [1.807, 2.05) is 0 Å². The van der Waals surface area contributed by atoms with Gasteiger partial charge < -0.3 is 0 Å². The van der Waals surface area contributed by atoms with Gasteiger partial charge in [0.15, 0.2) is 0 Å². The monoisotopic (exact) mass is 168 g/mol. The van der Waals surface area contributed by atoms with Gasteiger partial charge in [0.1, 0.15) is 0 Å². The van der Waals surface area contributed by atoms with Crippen LogP contribution in [0.3, 0.4) is 0 Å². The molecule has 1 aliphatic heterocycles. The van der Waals surface area contributed by atoms with E-state index in [0.29, 0.717) is 13.1 Å². The zero-order valence-electron chi connectivity index (χ0n) is 6.50. The van der Waals surface area contributed by atoms with Crippen LogP contribution < -0.4 is 0 Å². The molecule has 2 unspecified atom stereocenters. The molecule has 1 N–H and O–H groups in total. The van der Waals surface area contributed by atoms with Crippen LogP contribution in [-0.4, -0.2) is 48.8 Å². The molecular formula is C5H9BN4O2. The van der Waals surface area contributed by atoms with E-state index in [1.165, 1.54) is 0 Å². The fraction of sp³-hybridized carbons (Fsp3) is 1.00. The van der Waals surface area contributed by atoms with Crippen molar-refractivity contribution >= 4 is 7.15 Å². The van der Waals surface area contributed by atoms with E-state index in [9.17, 15) is 9.81 Å². The number of aliphatic hydroxyl groups is 1. The molecule has 0 spiro atoms. The summed E-state index contributed by atoms with van der Waals surface area (Å²) < 4.78 is 10.1. The van der Waals surface area contributed by atoms with Gasteiger partial charge in [-0.05, 0) is 0 Å². The number of azide groups is 1. The number of hydrogen-bond acceptors (Lipinski definition) is 4. The van der Waals surface area contributed by atoms with Crippen molar-refractivity contribution in [3.8, 4) is 0 Å². The van der Waals surface area contributed by atoms with Crippen molar-refractivity contribution in [2.24, 2.45) is 5.11 Å². The van der Waals surface area contributed by atoms with Crippen LogP contribution >= 0.6 is 0 Å². The molecule has 1 rings (SSSR count). The quantitative estimate of drug-likeness (QED) is 0.262. The van der Waals surface area contributed by atoms with Gasteiger partial charge in [-0.25, -0.2) is 0 Å². The molecule has 0 aliphatic carbocycles. The molecule has 64 valence electrons. The van der Waals surface area contributed by atoms with Crippen molar-refractivity contribution in [3.63, 3.8) is 0 Å². The molecule has 0 aromatic rings. The number of nitrogens with zero attached hydrogens (tertiary/aromatic N) is 4. The van der Waals surface area contributed by atoms with Gasteiger partial charge in [0.25, 0.3) is 0 Å². The Kier molecular flexibility index (Phi) is 3.22. The Labute approximate surface area is 70.0 Å². The first-order valence-corrected chi connectivity index (χ1v) is 3.66. The van der Waals surface area contributed by atoms with Gasteiger partial charge in [-0.3, -0.25) is 0 Å². The third kappa shape index (κ3) is 2.04.